The minimum Gasteiger partial charge on any atom is -0.496 e. The molecule has 0 heterocycles. The summed E-state index contributed by atoms with van der Waals surface area (Å²) < 4.78 is 19.5. The highest BCUT2D eigenvalue weighted by Crippen LogP contribution is 2.26. The summed E-state index contributed by atoms with van der Waals surface area (Å²) in [6.45, 7) is 7.95. The summed E-state index contributed by atoms with van der Waals surface area (Å²) in [5.74, 6) is 1.37. The van der Waals surface area contributed by atoms with Crippen LogP contribution in [0.1, 0.15) is 42.1 Å². The molecule has 6 heteroatoms. The van der Waals surface area contributed by atoms with Gasteiger partial charge in [0.05, 0.1) is 19.7 Å². The summed E-state index contributed by atoms with van der Waals surface area (Å²) in [7, 11) is 5.54. The molecule has 0 aliphatic heterocycles. The Labute approximate surface area is 174 Å². The maximum absolute atomic E-state index is 14.0. The topological polar surface area (TPSA) is 48.9 Å². The zero-order valence-corrected chi connectivity index (χ0v) is 18.3. The van der Waals surface area contributed by atoms with E-state index in [1.54, 1.807) is 13.2 Å². The lowest BCUT2D eigenvalue weighted by atomic mass is 10.0. The first-order valence-corrected chi connectivity index (χ1v) is 9.95. The molecule has 1 unspecified atom stereocenters. The number of rotatable bonds is 8. The van der Waals surface area contributed by atoms with E-state index in [1.165, 1.54) is 11.6 Å². The van der Waals surface area contributed by atoms with Gasteiger partial charge in [-0.25, -0.2) is 9.38 Å². The molecule has 2 rings (SSSR count). The van der Waals surface area contributed by atoms with Crippen molar-refractivity contribution in [2.75, 3.05) is 27.7 Å². The Kier molecular flexibility index (Phi) is 8.46. The van der Waals surface area contributed by atoms with Crippen LogP contribution < -0.4 is 15.4 Å². The monoisotopic (exact) mass is 400 g/mol. The molecular weight excluding hydrogens is 367 g/mol. The van der Waals surface area contributed by atoms with Gasteiger partial charge in [0.1, 0.15) is 11.6 Å². The van der Waals surface area contributed by atoms with Crippen molar-refractivity contribution in [1.29, 1.82) is 0 Å². The summed E-state index contributed by atoms with van der Waals surface area (Å²) in [5.41, 5.74) is 3.91. The molecule has 0 spiro atoms. The average Bonchev–Trinajstić information content (AvgIpc) is 2.68. The van der Waals surface area contributed by atoms with E-state index in [0.717, 1.165) is 23.4 Å². The van der Waals surface area contributed by atoms with Crippen LogP contribution >= 0.6 is 0 Å². The van der Waals surface area contributed by atoms with Crippen LogP contribution in [0.2, 0.25) is 0 Å². The van der Waals surface area contributed by atoms with Crippen LogP contribution in [0.5, 0.6) is 5.75 Å². The quantitative estimate of drug-likeness (QED) is 0.519. The van der Waals surface area contributed by atoms with Crippen molar-refractivity contribution in [3.63, 3.8) is 0 Å². The van der Waals surface area contributed by atoms with Crippen LogP contribution in [0.25, 0.3) is 0 Å². The number of hydrogen-bond acceptors (Lipinski definition) is 3. The second-order valence-electron chi connectivity index (χ2n) is 7.47. The van der Waals surface area contributed by atoms with Gasteiger partial charge in [-0.05, 0) is 58.6 Å². The number of ether oxygens (including phenoxy) is 1. The molecule has 0 amide bonds. The van der Waals surface area contributed by atoms with Crippen LogP contribution in [0.15, 0.2) is 41.4 Å². The second-order valence-corrected chi connectivity index (χ2v) is 7.47. The number of benzene rings is 2. The van der Waals surface area contributed by atoms with Gasteiger partial charge in [-0.15, -0.1) is 0 Å². The molecule has 158 valence electrons. The fraction of sp³-hybridized carbons (Fsp3) is 0.435. The van der Waals surface area contributed by atoms with Crippen LogP contribution in [-0.2, 0) is 13.1 Å². The van der Waals surface area contributed by atoms with E-state index in [1.807, 2.05) is 44.1 Å². The molecule has 1 atom stereocenters. The van der Waals surface area contributed by atoms with Crippen molar-refractivity contribution in [3.8, 4) is 5.75 Å². The Morgan fingerprint density at radius 2 is 1.97 bits per heavy atom. The summed E-state index contributed by atoms with van der Waals surface area (Å²) >= 11 is 0. The number of hydrogen-bond donors (Lipinski definition) is 2. The summed E-state index contributed by atoms with van der Waals surface area (Å²) in [6.07, 6.45) is 0. The first kappa shape index (κ1) is 22.7. The molecular formula is C23H33FN4O. The number of aryl methyl sites for hydroxylation is 1. The van der Waals surface area contributed by atoms with E-state index >= 15 is 0 Å². The number of nitrogens with one attached hydrogen (secondary N) is 2. The highest BCUT2D eigenvalue weighted by atomic mass is 19.1. The lowest BCUT2D eigenvalue weighted by Crippen LogP contribution is -2.38. The largest absolute Gasteiger partial charge is 0.496 e. The fourth-order valence-electron chi connectivity index (χ4n) is 3.15. The van der Waals surface area contributed by atoms with Gasteiger partial charge in [0.25, 0.3) is 0 Å². The Morgan fingerprint density at radius 3 is 2.62 bits per heavy atom. The summed E-state index contributed by atoms with van der Waals surface area (Å²) in [5, 5.41) is 6.72. The van der Waals surface area contributed by atoms with Gasteiger partial charge in [-0.3, -0.25) is 0 Å². The lowest BCUT2D eigenvalue weighted by Gasteiger charge is -2.20. The maximum atomic E-state index is 14.0. The Balaban J connectivity index is 2.17. The van der Waals surface area contributed by atoms with Crippen molar-refractivity contribution >= 4 is 5.96 Å². The molecule has 0 saturated heterocycles. The minimum atomic E-state index is -0.184. The van der Waals surface area contributed by atoms with Crippen molar-refractivity contribution < 1.29 is 9.13 Å². The Morgan fingerprint density at radius 1 is 1.21 bits per heavy atom. The number of halogens is 1. The molecule has 0 aromatic heterocycles. The lowest BCUT2D eigenvalue weighted by molar-refractivity contribution is 0.392. The van der Waals surface area contributed by atoms with Gasteiger partial charge in [0.2, 0.25) is 0 Å². The molecule has 0 fully saturated rings. The zero-order valence-electron chi connectivity index (χ0n) is 18.3. The van der Waals surface area contributed by atoms with E-state index in [9.17, 15) is 4.39 Å². The number of nitrogens with zero attached hydrogens (tertiary/aromatic N) is 2. The second kappa shape index (κ2) is 10.8. The number of methoxy groups -OCH3 is 1. The maximum Gasteiger partial charge on any atom is 0.192 e. The van der Waals surface area contributed by atoms with E-state index < -0.39 is 0 Å². The molecule has 2 N–H and O–H groups in total. The molecule has 0 aliphatic carbocycles. The molecule has 0 bridgehead atoms. The predicted molar refractivity (Wildman–Crippen MR) is 118 cm³/mol. The van der Waals surface area contributed by atoms with Crippen LogP contribution in [0.3, 0.4) is 0 Å². The molecule has 0 aliphatic rings. The highest BCUT2D eigenvalue weighted by molar-refractivity contribution is 5.80. The average molecular weight is 401 g/mol. The third-order valence-corrected chi connectivity index (χ3v) is 4.57. The van der Waals surface area contributed by atoms with Crippen LogP contribution in [0, 0.1) is 12.7 Å². The van der Waals surface area contributed by atoms with E-state index in [4.69, 9.17) is 9.73 Å². The summed E-state index contributed by atoms with van der Waals surface area (Å²) in [4.78, 5) is 6.65. The molecule has 0 saturated carbocycles. The van der Waals surface area contributed by atoms with E-state index in [-0.39, 0.29) is 11.9 Å². The van der Waals surface area contributed by atoms with Crippen molar-refractivity contribution in [2.45, 2.75) is 39.9 Å². The first-order valence-electron chi connectivity index (χ1n) is 9.95. The SMILES string of the molecule is CCNC(=NCc1ccc(F)c(CN(C)C)c1)NC(C)c1cc(C)ccc1OC. The standard InChI is InChI=1S/C23H33FN4O/c1-7-25-23(27-17(3)20-12-16(2)8-11-22(20)29-6)26-14-18-9-10-21(24)19(13-18)15-28(4)5/h8-13,17H,7,14-15H2,1-6H3,(H2,25,26,27). The van der Waals surface area contributed by atoms with Gasteiger partial charge in [-0.1, -0.05) is 23.8 Å². The van der Waals surface area contributed by atoms with Crippen molar-refractivity contribution in [1.82, 2.24) is 15.5 Å². The molecule has 5 nitrogen and oxygen atoms in total. The summed E-state index contributed by atoms with van der Waals surface area (Å²) in [6, 6.07) is 11.3. The highest BCUT2D eigenvalue weighted by Gasteiger charge is 2.13. The minimum absolute atomic E-state index is 0.0140. The third-order valence-electron chi connectivity index (χ3n) is 4.57. The van der Waals surface area contributed by atoms with Crippen molar-refractivity contribution in [2.24, 2.45) is 4.99 Å². The smallest absolute Gasteiger partial charge is 0.192 e. The number of aliphatic imine (C=N–C) groups is 1. The van der Waals surface area contributed by atoms with Gasteiger partial charge >= 0.3 is 0 Å². The Bertz CT molecular complexity index is 836. The zero-order chi connectivity index (χ0) is 21.4. The molecule has 2 aromatic rings. The van der Waals surface area contributed by atoms with E-state index in [0.29, 0.717) is 24.6 Å². The predicted octanol–water partition coefficient (Wildman–Crippen LogP) is 4.02. The van der Waals surface area contributed by atoms with Gasteiger partial charge in [0, 0.05) is 24.2 Å². The first-order chi connectivity index (χ1) is 13.8. The Hall–Kier alpha value is -2.60. The number of guanidine groups is 1. The van der Waals surface area contributed by atoms with Gasteiger partial charge in [-0.2, -0.15) is 0 Å². The van der Waals surface area contributed by atoms with Crippen LogP contribution in [-0.4, -0.2) is 38.6 Å². The molecule has 0 radical (unpaired) electrons. The van der Waals surface area contributed by atoms with Crippen molar-refractivity contribution in [3.05, 3.63) is 64.5 Å². The van der Waals surface area contributed by atoms with Gasteiger partial charge < -0.3 is 20.3 Å². The normalized spacial score (nSPS) is 12.8. The fourth-order valence-corrected chi connectivity index (χ4v) is 3.15. The molecule has 29 heavy (non-hydrogen) atoms. The third kappa shape index (κ3) is 6.75. The van der Waals surface area contributed by atoms with E-state index in [2.05, 4.69) is 30.5 Å². The van der Waals surface area contributed by atoms with Crippen LogP contribution in [0.4, 0.5) is 4.39 Å². The molecule has 2 aromatic carbocycles. The van der Waals surface area contributed by atoms with Gasteiger partial charge in [0.15, 0.2) is 5.96 Å².